The van der Waals surface area contributed by atoms with Gasteiger partial charge in [-0.2, -0.15) is 0 Å². The van der Waals surface area contributed by atoms with E-state index in [0.29, 0.717) is 6.04 Å². The van der Waals surface area contributed by atoms with Gasteiger partial charge in [0.15, 0.2) is 0 Å². The van der Waals surface area contributed by atoms with Gasteiger partial charge >= 0.3 is 0 Å². The van der Waals surface area contributed by atoms with E-state index < -0.39 is 0 Å². The molecule has 2 aliphatic rings. The molecular weight excluding hydrogens is 186 g/mol. The molecule has 0 aromatic carbocycles. The Morgan fingerprint density at radius 1 is 1.27 bits per heavy atom. The average molecular weight is 205 g/mol. The van der Waals surface area contributed by atoms with Crippen LogP contribution in [-0.2, 0) is 13.0 Å². The van der Waals surface area contributed by atoms with E-state index in [4.69, 9.17) is 5.73 Å². The lowest BCUT2D eigenvalue weighted by atomic mass is 9.96. The van der Waals surface area contributed by atoms with Crippen LogP contribution in [0.1, 0.15) is 49.4 Å². The molecule has 1 aromatic heterocycles. The number of nitrogens with two attached hydrogens (primary N) is 1. The summed E-state index contributed by atoms with van der Waals surface area (Å²) in [5.41, 5.74) is 8.83. The van der Waals surface area contributed by atoms with E-state index in [-0.39, 0.29) is 0 Å². The molecule has 0 saturated heterocycles. The van der Waals surface area contributed by atoms with Crippen LogP contribution in [0.5, 0.6) is 0 Å². The van der Waals surface area contributed by atoms with Gasteiger partial charge in [0, 0.05) is 30.6 Å². The van der Waals surface area contributed by atoms with Gasteiger partial charge in [0.05, 0.1) is 12.0 Å². The van der Waals surface area contributed by atoms with Crippen molar-refractivity contribution >= 4 is 0 Å². The third-order valence-corrected chi connectivity index (χ3v) is 3.92. The van der Waals surface area contributed by atoms with Crippen molar-refractivity contribution in [3.8, 4) is 0 Å². The van der Waals surface area contributed by atoms with Crippen molar-refractivity contribution in [2.45, 2.75) is 57.0 Å². The fraction of sp³-hybridized carbons (Fsp3) is 0.750. The number of rotatable bonds is 1. The van der Waals surface area contributed by atoms with Crippen molar-refractivity contribution in [3.63, 3.8) is 0 Å². The Balaban J connectivity index is 1.92. The SMILES string of the molecule is NC1CCn2cnc(C3CCCC3)c2C1. The van der Waals surface area contributed by atoms with E-state index in [1.54, 1.807) is 0 Å². The second-order valence-electron chi connectivity index (χ2n) is 5.00. The molecule has 0 bridgehead atoms. The third kappa shape index (κ3) is 1.59. The van der Waals surface area contributed by atoms with Crippen LogP contribution >= 0.6 is 0 Å². The van der Waals surface area contributed by atoms with E-state index in [9.17, 15) is 0 Å². The number of hydrogen-bond acceptors (Lipinski definition) is 2. The van der Waals surface area contributed by atoms with E-state index in [1.165, 1.54) is 37.1 Å². The van der Waals surface area contributed by atoms with Crippen LogP contribution in [-0.4, -0.2) is 15.6 Å². The van der Waals surface area contributed by atoms with E-state index in [2.05, 4.69) is 9.55 Å². The summed E-state index contributed by atoms with van der Waals surface area (Å²) in [7, 11) is 0. The van der Waals surface area contributed by atoms with Crippen molar-refractivity contribution in [2.75, 3.05) is 0 Å². The largest absolute Gasteiger partial charge is 0.334 e. The molecular formula is C12H19N3. The molecule has 0 amide bonds. The zero-order chi connectivity index (χ0) is 10.3. The number of aromatic nitrogens is 2. The standard InChI is InChI=1S/C12H19N3/c13-10-5-6-15-8-14-12(11(15)7-10)9-3-1-2-4-9/h8-10H,1-7,13H2. The van der Waals surface area contributed by atoms with Crippen molar-refractivity contribution < 1.29 is 0 Å². The second-order valence-corrected chi connectivity index (χ2v) is 5.00. The minimum Gasteiger partial charge on any atom is -0.334 e. The smallest absolute Gasteiger partial charge is 0.0951 e. The molecule has 0 radical (unpaired) electrons. The molecule has 2 heterocycles. The molecule has 1 aromatic rings. The lowest BCUT2D eigenvalue weighted by Gasteiger charge is -2.22. The van der Waals surface area contributed by atoms with E-state index in [1.807, 2.05) is 6.33 Å². The van der Waals surface area contributed by atoms with Crippen molar-refractivity contribution in [3.05, 3.63) is 17.7 Å². The molecule has 1 unspecified atom stereocenters. The second kappa shape index (κ2) is 3.63. The van der Waals surface area contributed by atoms with Crippen molar-refractivity contribution in [1.29, 1.82) is 0 Å². The van der Waals surface area contributed by atoms with Gasteiger partial charge in [-0.25, -0.2) is 4.98 Å². The van der Waals surface area contributed by atoms with Gasteiger partial charge in [0.25, 0.3) is 0 Å². The van der Waals surface area contributed by atoms with Gasteiger partial charge in [-0.1, -0.05) is 12.8 Å². The highest BCUT2D eigenvalue weighted by atomic mass is 15.1. The maximum Gasteiger partial charge on any atom is 0.0951 e. The van der Waals surface area contributed by atoms with Gasteiger partial charge in [0.2, 0.25) is 0 Å². The lowest BCUT2D eigenvalue weighted by Crippen LogP contribution is -2.31. The Kier molecular flexibility index (Phi) is 2.28. The van der Waals surface area contributed by atoms with Crippen LogP contribution < -0.4 is 5.73 Å². The molecule has 0 spiro atoms. The molecule has 82 valence electrons. The molecule has 1 aliphatic carbocycles. The minimum atomic E-state index is 0.356. The van der Waals surface area contributed by atoms with Gasteiger partial charge in [-0.15, -0.1) is 0 Å². The quantitative estimate of drug-likeness (QED) is 0.760. The fourth-order valence-electron chi connectivity index (χ4n) is 3.03. The van der Waals surface area contributed by atoms with Gasteiger partial charge in [-0.05, 0) is 19.3 Å². The molecule has 2 N–H and O–H groups in total. The monoisotopic (exact) mass is 205 g/mol. The molecule has 3 heteroatoms. The highest BCUT2D eigenvalue weighted by molar-refractivity contribution is 5.21. The summed E-state index contributed by atoms with van der Waals surface area (Å²) in [5.74, 6) is 0.728. The highest BCUT2D eigenvalue weighted by Crippen LogP contribution is 2.36. The first-order valence-corrected chi connectivity index (χ1v) is 6.14. The summed E-state index contributed by atoms with van der Waals surface area (Å²) in [5, 5.41) is 0. The summed E-state index contributed by atoms with van der Waals surface area (Å²) in [6.45, 7) is 1.07. The van der Waals surface area contributed by atoms with Crippen LogP contribution in [0.3, 0.4) is 0 Å². The van der Waals surface area contributed by atoms with Crippen LogP contribution in [0.4, 0.5) is 0 Å². The lowest BCUT2D eigenvalue weighted by molar-refractivity contribution is 0.466. The first-order chi connectivity index (χ1) is 7.34. The molecule has 1 fully saturated rings. The molecule has 1 aliphatic heterocycles. The number of nitrogens with zero attached hydrogens (tertiary/aromatic N) is 2. The molecule has 15 heavy (non-hydrogen) atoms. The average Bonchev–Trinajstić information content (AvgIpc) is 2.83. The minimum absolute atomic E-state index is 0.356. The van der Waals surface area contributed by atoms with Crippen molar-refractivity contribution in [2.24, 2.45) is 5.73 Å². The first-order valence-electron chi connectivity index (χ1n) is 6.14. The topological polar surface area (TPSA) is 43.8 Å². The Labute approximate surface area is 90.7 Å². The molecule has 3 nitrogen and oxygen atoms in total. The van der Waals surface area contributed by atoms with Crippen molar-refractivity contribution in [1.82, 2.24) is 9.55 Å². The maximum atomic E-state index is 6.04. The van der Waals surface area contributed by atoms with Crippen LogP contribution in [0.15, 0.2) is 6.33 Å². The van der Waals surface area contributed by atoms with E-state index >= 15 is 0 Å². The Morgan fingerprint density at radius 3 is 2.87 bits per heavy atom. The first kappa shape index (κ1) is 9.40. The number of fused-ring (bicyclic) bond motifs is 1. The summed E-state index contributed by atoms with van der Waals surface area (Å²) in [4.78, 5) is 4.62. The Hall–Kier alpha value is -0.830. The van der Waals surface area contributed by atoms with Crippen LogP contribution in [0.25, 0.3) is 0 Å². The van der Waals surface area contributed by atoms with Gasteiger partial charge < -0.3 is 10.3 Å². The van der Waals surface area contributed by atoms with Gasteiger partial charge in [-0.3, -0.25) is 0 Å². The van der Waals surface area contributed by atoms with Crippen LogP contribution in [0.2, 0.25) is 0 Å². The summed E-state index contributed by atoms with van der Waals surface area (Å²) >= 11 is 0. The number of aryl methyl sites for hydroxylation is 1. The summed E-state index contributed by atoms with van der Waals surface area (Å²) in [6, 6.07) is 0.356. The zero-order valence-corrected chi connectivity index (χ0v) is 9.15. The number of imidazole rings is 1. The molecule has 3 rings (SSSR count). The third-order valence-electron chi connectivity index (χ3n) is 3.92. The molecule has 1 saturated carbocycles. The predicted molar refractivity (Wildman–Crippen MR) is 59.7 cm³/mol. The van der Waals surface area contributed by atoms with Gasteiger partial charge in [0.1, 0.15) is 0 Å². The van der Waals surface area contributed by atoms with E-state index in [0.717, 1.165) is 25.3 Å². The molecule has 1 atom stereocenters. The highest BCUT2D eigenvalue weighted by Gasteiger charge is 2.26. The number of hydrogen-bond donors (Lipinski definition) is 1. The summed E-state index contributed by atoms with van der Waals surface area (Å²) in [6.07, 6.45) is 9.58. The maximum absolute atomic E-state index is 6.04. The van der Waals surface area contributed by atoms with Crippen LogP contribution in [0, 0.1) is 0 Å². The summed E-state index contributed by atoms with van der Waals surface area (Å²) < 4.78 is 2.32. The Morgan fingerprint density at radius 2 is 2.07 bits per heavy atom. The normalized spacial score (nSPS) is 26.9. The zero-order valence-electron chi connectivity index (χ0n) is 9.15. The Bertz CT molecular complexity index is 350. The fourth-order valence-corrected chi connectivity index (χ4v) is 3.03. The predicted octanol–water partition coefficient (Wildman–Crippen LogP) is 1.81.